The molecule has 2 aromatic heterocycles. The molecular weight excluding hydrogens is 472 g/mol. The Hall–Kier alpha value is -3.24. The molecule has 3 N–H and O–H groups in total. The molecule has 2 saturated carbocycles. The fraction of sp³-hybridized carbons (Fsp3) is 0.556. The monoisotopic (exact) mass is 506 g/mol. The van der Waals surface area contributed by atoms with Crippen LogP contribution in [0, 0.1) is 5.41 Å². The number of aromatic nitrogens is 4. The lowest BCUT2D eigenvalue weighted by atomic mass is 9.66. The molecule has 2 aliphatic carbocycles. The third kappa shape index (κ3) is 4.53. The summed E-state index contributed by atoms with van der Waals surface area (Å²) in [6.45, 7) is 6.59. The number of imidazole rings is 1. The minimum absolute atomic E-state index is 0.0442. The van der Waals surface area contributed by atoms with Crippen LogP contribution in [0.1, 0.15) is 58.6 Å². The van der Waals surface area contributed by atoms with E-state index in [1.807, 2.05) is 24.5 Å². The van der Waals surface area contributed by atoms with Crippen LogP contribution in [0.5, 0.6) is 0 Å². The number of hydrogen-bond acceptors (Lipinski definition) is 8. The predicted molar refractivity (Wildman–Crippen MR) is 138 cm³/mol. The van der Waals surface area contributed by atoms with Gasteiger partial charge in [-0.3, -0.25) is 9.88 Å². The van der Waals surface area contributed by atoms with Crippen molar-refractivity contribution in [2.45, 2.75) is 82.8 Å². The molecule has 1 aliphatic heterocycles. The number of nitrogens with zero attached hydrogens (tertiary/aromatic N) is 5. The minimum Gasteiger partial charge on any atom is -0.441 e. The summed E-state index contributed by atoms with van der Waals surface area (Å²) in [5.41, 5.74) is 7.04. The molecule has 0 bridgehead atoms. The molecule has 10 heteroatoms. The molecule has 3 fully saturated rings. The van der Waals surface area contributed by atoms with Gasteiger partial charge in [0.25, 0.3) is 0 Å². The van der Waals surface area contributed by atoms with E-state index in [0.717, 1.165) is 36.7 Å². The van der Waals surface area contributed by atoms with Crippen LogP contribution in [0.2, 0.25) is 0 Å². The number of rotatable bonds is 6. The van der Waals surface area contributed by atoms with Crippen molar-refractivity contribution in [2.75, 3.05) is 17.2 Å². The third-order valence-corrected chi connectivity index (χ3v) is 7.94. The number of amides is 1. The van der Waals surface area contributed by atoms with Gasteiger partial charge in [-0.05, 0) is 64.2 Å². The van der Waals surface area contributed by atoms with Gasteiger partial charge in [0.15, 0.2) is 5.82 Å². The molecule has 3 heterocycles. The SMILES string of the molecule is CC(C)(O)c1cnc(N2C[C@@]3(CCC(OC4CC4)[C@](C)(Cn4cnc5ccc(N)cc54)C3)OC2=O)cn1. The van der Waals surface area contributed by atoms with E-state index in [1.54, 1.807) is 18.7 Å². The summed E-state index contributed by atoms with van der Waals surface area (Å²) in [4.78, 5) is 27.9. The molecule has 1 amide bonds. The number of carbonyl (C=O) groups excluding carboxylic acids is 1. The number of ether oxygens (including phenoxy) is 2. The number of nitrogen functional groups attached to an aromatic ring is 1. The van der Waals surface area contributed by atoms with Gasteiger partial charge in [-0.1, -0.05) is 6.92 Å². The zero-order chi connectivity index (χ0) is 26.0. The lowest BCUT2D eigenvalue weighted by molar-refractivity contribution is -0.127. The zero-order valence-corrected chi connectivity index (χ0v) is 21.6. The van der Waals surface area contributed by atoms with Crippen molar-refractivity contribution in [2.24, 2.45) is 5.41 Å². The van der Waals surface area contributed by atoms with E-state index in [-0.39, 0.29) is 11.5 Å². The molecular formula is C27H34N6O4. The maximum Gasteiger partial charge on any atom is 0.416 e. The molecule has 3 atom stereocenters. The highest BCUT2D eigenvalue weighted by atomic mass is 16.6. The van der Waals surface area contributed by atoms with E-state index in [0.29, 0.717) is 42.8 Å². The molecule has 3 aliphatic rings. The Morgan fingerprint density at radius 2 is 2.03 bits per heavy atom. The Balaban J connectivity index is 1.28. The maximum absolute atomic E-state index is 13.1. The van der Waals surface area contributed by atoms with Crippen LogP contribution in [0.3, 0.4) is 0 Å². The molecule has 6 rings (SSSR count). The summed E-state index contributed by atoms with van der Waals surface area (Å²) < 4.78 is 14.8. The van der Waals surface area contributed by atoms with Crippen molar-refractivity contribution in [1.82, 2.24) is 19.5 Å². The number of fused-ring (bicyclic) bond motifs is 1. The van der Waals surface area contributed by atoms with Gasteiger partial charge in [-0.2, -0.15) is 0 Å². The average molecular weight is 507 g/mol. The number of aliphatic hydroxyl groups is 1. The zero-order valence-electron chi connectivity index (χ0n) is 21.6. The summed E-state index contributed by atoms with van der Waals surface area (Å²) in [5, 5.41) is 10.2. The summed E-state index contributed by atoms with van der Waals surface area (Å²) in [5.74, 6) is 0.420. The van der Waals surface area contributed by atoms with Crippen LogP contribution in [-0.4, -0.2) is 55.1 Å². The lowest BCUT2D eigenvalue weighted by Gasteiger charge is -2.48. The number of carbonyl (C=O) groups is 1. The second kappa shape index (κ2) is 8.39. The Labute approximate surface area is 215 Å². The Morgan fingerprint density at radius 1 is 1.22 bits per heavy atom. The van der Waals surface area contributed by atoms with Crippen LogP contribution in [0.15, 0.2) is 36.9 Å². The van der Waals surface area contributed by atoms with Crippen molar-refractivity contribution in [3.63, 3.8) is 0 Å². The van der Waals surface area contributed by atoms with Gasteiger partial charge in [0.2, 0.25) is 0 Å². The second-order valence-corrected chi connectivity index (χ2v) is 11.8. The Morgan fingerprint density at radius 3 is 2.73 bits per heavy atom. The largest absolute Gasteiger partial charge is 0.441 e. The highest BCUT2D eigenvalue weighted by Crippen LogP contribution is 2.50. The predicted octanol–water partition coefficient (Wildman–Crippen LogP) is 3.77. The van der Waals surface area contributed by atoms with Crippen LogP contribution >= 0.6 is 0 Å². The van der Waals surface area contributed by atoms with E-state index in [4.69, 9.17) is 15.2 Å². The molecule has 1 saturated heterocycles. The molecule has 37 heavy (non-hydrogen) atoms. The summed E-state index contributed by atoms with van der Waals surface area (Å²) in [6, 6.07) is 5.75. The van der Waals surface area contributed by atoms with Crippen molar-refractivity contribution in [3.05, 3.63) is 42.6 Å². The normalized spacial score (nSPS) is 28.3. The van der Waals surface area contributed by atoms with Crippen molar-refractivity contribution in [3.8, 4) is 0 Å². The molecule has 1 unspecified atom stereocenters. The first-order valence-electron chi connectivity index (χ1n) is 12.9. The third-order valence-electron chi connectivity index (χ3n) is 7.94. The Bertz CT molecular complexity index is 1330. The van der Waals surface area contributed by atoms with Gasteiger partial charge in [-0.25, -0.2) is 14.8 Å². The van der Waals surface area contributed by atoms with Gasteiger partial charge in [0, 0.05) is 17.6 Å². The van der Waals surface area contributed by atoms with E-state index < -0.39 is 17.3 Å². The van der Waals surface area contributed by atoms with Gasteiger partial charge < -0.3 is 24.9 Å². The lowest BCUT2D eigenvalue weighted by Crippen LogP contribution is -2.52. The standard InChI is InChI=1S/C27H34N6O4/c1-25(2,35)21-11-30-23(12-29-21)33-15-27(37-24(33)34)9-8-22(36-18-5-6-18)26(3,13-27)14-32-16-31-19-7-4-17(28)10-20(19)32/h4,7,10-12,16,18,22,35H,5-6,8-9,13-15,28H2,1-3H3/t22?,26-,27-/m0/s1. The van der Waals surface area contributed by atoms with Gasteiger partial charge in [0.05, 0.1) is 54.2 Å². The van der Waals surface area contributed by atoms with E-state index in [9.17, 15) is 9.90 Å². The Kier molecular flexibility index (Phi) is 5.47. The smallest absolute Gasteiger partial charge is 0.416 e. The topological polar surface area (TPSA) is 129 Å². The van der Waals surface area contributed by atoms with Crippen LogP contribution in [-0.2, 0) is 21.6 Å². The molecule has 196 valence electrons. The van der Waals surface area contributed by atoms with E-state index in [1.165, 1.54) is 12.4 Å². The second-order valence-electron chi connectivity index (χ2n) is 11.8. The molecule has 10 nitrogen and oxygen atoms in total. The average Bonchev–Trinajstić information content (AvgIpc) is 3.50. The fourth-order valence-electron chi connectivity index (χ4n) is 5.89. The maximum atomic E-state index is 13.1. The fourth-order valence-corrected chi connectivity index (χ4v) is 5.89. The highest BCUT2D eigenvalue weighted by Gasteiger charge is 2.56. The van der Waals surface area contributed by atoms with Crippen LogP contribution in [0.25, 0.3) is 11.0 Å². The molecule has 3 aromatic rings. The first-order valence-corrected chi connectivity index (χ1v) is 12.9. The number of hydrogen-bond donors (Lipinski definition) is 2. The van der Waals surface area contributed by atoms with Crippen molar-refractivity contribution in [1.29, 1.82) is 0 Å². The number of anilines is 2. The number of benzene rings is 1. The van der Waals surface area contributed by atoms with Gasteiger partial charge in [0.1, 0.15) is 11.2 Å². The van der Waals surface area contributed by atoms with Crippen LogP contribution in [0.4, 0.5) is 16.3 Å². The molecule has 0 radical (unpaired) electrons. The molecule has 1 aromatic carbocycles. The summed E-state index contributed by atoms with van der Waals surface area (Å²) in [7, 11) is 0. The van der Waals surface area contributed by atoms with Crippen molar-refractivity contribution < 1.29 is 19.4 Å². The summed E-state index contributed by atoms with van der Waals surface area (Å²) in [6.07, 6.45) is 9.20. The van der Waals surface area contributed by atoms with Crippen molar-refractivity contribution >= 4 is 28.6 Å². The first-order chi connectivity index (χ1) is 17.5. The summed E-state index contributed by atoms with van der Waals surface area (Å²) >= 11 is 0. The highest BCUT2D eigenvalue weighted by molar-refractivity contribution is 5.89. The van der Waals surface area contributed by atoms with E-state index >= 15 is 0 Å². The van der Waals surface area contributed by atoms with Gasteiger partial charge in [-0.15, -0.1) is 0 Å². The van der Waals surface area contributed by atoms with Crippen LogP contribution < -0.4 is 10.6 Å². The quantitative estimate of drug-likeness (QED) is 0.484. The first kappa shape index (κ1) is 24.1. The van der Waals surface area contributed by atoms with E-state index in [2.05, 4.69) is 26.4 Å². The minimum atomic E-state index is -1.11. The van der Waals surface area contributed by atoms with Gasteiger partial charge >= 0.3 is 6.09 Å². The number of nitrogens with two attached hydrogens (primary N) is 1. The molecule has 1 spiro atoms.